The number of hydrogen-bond acceptors (Lipinski definition) is 7. The predicted octanol–water partition coefficient (Wildman–Crippen LogP) is 3.59. The number of amides is 1. The number of ether oxygens (including phenoxy) is 2. The highest BCUT2D eigenvalue weighted by Gasteiger charge is 2.29. The van der Waals surface area contributed by atoms with Gasteiger partial charge >= 0.3 is 0 Å². The Labute approximate surface area is 168 Å². The average molecular weight is 394 g/mol. The lowest BCUT2D eigenvalue weighted by Crippen LogP contribution is -2.38. The third-order valence-corrected chi connectivity index (χ3v) is 4.97. The van der Waals surface area contributed by atoms with E-state index in [0.29, 0.717) is 36.3 Å². The van der Waals surface area contributed by atoms with E-state index in [1.807, 2.05) is 24.3 Å². The number of nitrogens with zero attached hydrogens (tertiary/aromatic N) is 4. The fraction of sp³-hybridized carbons (Fsp3) is 0.333. The molecule has 0 spiro atoms. The molecule has 8 heteroatoms. The minimum absolute atomic E-state index is 0.103. The first-order valence-electron chi connectivity index (χ1n) is 9.48. The molecule has 1 aliphatic rings. The van der Waals surface area contributed by atoms with Crippen LogP contribution in [0.25, 0.3) is 0 Å². The van der Waals surface area contributed by atoms with Gasteiger partial charge in [0, 0.05) is 38.3 Å². The Kier molecular flexibility index (Phi) is 5.41. The fourth-order valence-electron chi connectivity index (χ4n) is 3.43. The largest absolute Gasteiger partial charge is 0.497 e. The van der Waals surface area contributed by atoms with Crippen molar-refractivity contribution in [2.45, 2.75) is 25.7 Å². The number of aromatic nitrogens is 3. The van der Waals surface area contributed by atoms with Crippen molar-refractivity contribution in [2.75, 3.05) is 20.2 Å². The third-order valence-electron chi connectivity index (χ3n) is 4.97. The van der Waals surface area contributed by atoms with Crippen LogP contribution in [0, 0.1) is 6.92 Å². The van der Waals surface area contributed by atoms with Gasteiger partial charge in [-0.25, -0.2) is 9.97 Å². The summed E-state index contributed by atoms with van der Waals surface area (Å²) in [6.45, 7) is 2.96. The summed E-state index contributed by atoms with van der Waals surface area (Å²) in [7, 11) is 1.62. The topological polar surface area (TPSA) is 90.6 Å². The van der Waals surface area contributed by atoms with Gasteiger partial charge in [0.25, 0.3) is 5.91 Å². The summed E-state index contributed by atoms with van der Waals surface area (Å²) in [5.74, 6) is 2.48. The first-order chi connectivity index (χ1) is 14.1. The van der Waals surface area contributed by atoms with E-state index in [4.69, 9.17) is 13.9 Å². The Balaban J connectivity index is 1.44. The van der Waals surface area contributed by atoms with Crippen molar-refractivity contribution in [2.24, 2.45) is 0 Å². The standard InChI is InChI=1S/C21H22N4O4/c1-14-24-18(13-28-14)21(26)25-11-7-15(8-12-25)19-20(23-10-9-22-19)29-17-5-3-16(27-2)4-6-17/h3-6,9-10,13,15H,7-8,11-12H2,1-2H3. The Hall–Kier alpha value is -3.42. The minimum atomic E-state index is -0.103. The normalized spacial score (nSPS) is 14.6. The maximum Gasteiger partial charge on any atom is 0.275 e. The van der Waals surface area contributed by atoms with Crippen LogP contribution in [0.4, 0.5) is 0 Å². The van der Waals surface area contributed by atoms with E-state index < -0.39 is 0 Å². The van der Waals surface area contributed by atoms with E-state index in [1.165, 1.54) is 6.26 Å². The molecule has 150 valence electrons. The number of benzene rings is 1. The lowest BCUT2D eigenvalue weighted by molar-refractivity contribution is 0.0705. The monoisotopic (exact) mass is 394 g/mol. The Morgan fingerprint density at radius 2 is 1.79 bits per heavy atom. The number of oxazole rings is 1. The molecule has 1 amide bonds. The van der Waals surface area contributed by atoms with Gasteiger partial charge in [0.2, 0.25) is 5.88 Å². The fourth-order valence-corrected chi connectivity index (χ4v) is 3.43. The van der Waals surface area contributed by atoms with E-state index in [2.05, 4.69) is 15.0 Å². The van der Waals surface area contributed by atoms with Gasteiger partial charge in [-0.15, -0.1) is 0 Å². The zero-order valence-electron chi connectivity index (χ0n) is 16.4. The summed E-state index contributed by atoms with van der Waals surface area (Å²) in [6, 6.07) is 7.33. The minimum Gasteiger partial charge on any atom is -0.497 e. The van der Waals surface area contributed by atoms with E-state index in [9.17, 15) is 4.79 Å². The molecule has 1 aliphatic heterocycles. The molecule has 0 saturated carbocycles. The number of carbonyl (C=O) groups is 1. The van der Waals surface area contributed by atoms with E-state index >= 15 is 0 Å². The van der Waals surface area contributed by atoms with Gasteiger partial charge in [0.05, 0.1) is 7.11 Å². The molecule has 0 bridgehead atoms. The van der Waals surface area contributed by atoms with Crippen molar-refractivity contribution in [3.05, 3.63) is 60.2 Å². The number of aryl methyl sites for hydroxylation is 1. The van der Waals surface area contributed by atoms with Crippen LogP contribution in [-0.4, -0.2) is 46.0 Å². The molecule has 0 aliphatic carbocycles. The first-order valence-corrected chi connectivity index (χ1v) is 9.48. The van der Waals surface area contributed by atoms with Crippen molar-refractivity contribution < 1.29 is 18.7 Å². The van der Waals surface area contributed by atoms with Crippen LogP contribution in [0.15, 0.2) is 47.3 Å². The number of hydrogen-bond donors (Lipinski definition) is 0. The van der Waals surface area contributed by atoms with Gasteiger partial charge in [0.15, 0.2) is 11.6 Å². The molecule has 0 N–H and O–H groups in total. The highest BCUT2D eigenvalue weighted by Crippen LogP contribution is 2.34. The van der Waals surface area contributed by atoms with Crippen molar-refractivity contribution in [3.63, 3.8) is 0 Å². The highest BCUT2D eigenvalue weighted by atomic mass is 16.5. The van der Waals surface area contributed by atoms with Gasteiger partial charge in [0.1, 0.15) is 23.5 Å². The number of methoxy groups -OCH3 is 1. The maximum atomic E-state index is 12.6. The summed E-state index contributed by atoms with van der Waals surface area (Å²) in [5, 5.41) is 0. The van der Waals surface area contributed by atoms with Crippen LogP contribution >= 0.6 is 0 Å². The SMILES string of the molecule is COc1ccc(Oc2nccnc2C2CCN(C(=O)c3coc(C)n3)CC2)cc1. The number of piperidine rings is 1. The molecule has 0 unspecified atom stereocenters. The summed E-state index contributed by atoms with van der Waals surface area (Å²) in [6.07, 6.45) is 6.26. The van der Waals surface area contributed by atoms with Crippen LogP contribution in [0.1, 0.15) is 40.8 Å². The van der Waals surface area contributed by atoms with Crippen molar-refractivity contribution in [1.82, 2.24) is 19.9 Å². The van der Waals surface area contributed by atoms with E-state index in [1.54, 1.807) is 31.3 Å². The lowest BCUT2D eigenvalue weighted by atomic mass is 9.93. The molecule has 3 heterocycles. The molecule has 0 atom stereocenters. The van der Waals surface area contributed by atoms with Crippen LogP contribution < -0.4 is 9.47 Å². The van der Waals surface area contributed by atoms with E-state index in [-0.39, 0.29) is 11.8 Å². The number of rotatable bonds is 5. The summed E-state index contributed by atoms with van der Waals surface area (Å²) < 4.78 is 16.3. The van der Waals surface area contributed by atoms with Gasteiger partial charge in [-0.3, -0.25) is 9.78 Å². The molecule has 1 aromatic carbocycles. The molecule has 8 nitrogen and oxygen atoms in total. The molecule has 3 aromatic rings. The van der Waals surface area contributed by atoms with Crippen molar-refractivity contribution in [1.29, 1.82) is 0 Å². The smallest absolute Gasteiger partial charge is 0.275 e. The summed E-state index contributed by atoms with van der Waals surface area (Å²) in [4.78, 5) is 27.4. The molecule has 1 fully saturated rings. The Bertz CT molecular complexity index is 978. The lowest BCUT2D eigenvalue weighted by Gasteiger charge is -2.31. The van der Waals surface area contributed by atoms with Crippen LogP contribution in [0.5, 0.6) is 17.4 Å². The molecule has 29 heavy (non-hydrogen) atoms. The molecular formula is C21H22N4O4. The Morgan fingerprint density at radius 1 is 1.10 bits per heavy atom. The second-order valence-corrected chi connectivity index (χ2v) is 6.84. The molecule has 2 aromatic heterocycles. The van der Waals surface area contributed by atoms with E-state index in [0.717, 1.165) is 24.3 Å². The number of likely N-dealkylation sites (tertiary alicyclic amines) is 1. The molecule has 4 rings (SSSR count). The van der Waals surface area contributed by atoms with Gasteiger partial charge < -0.3 is 18.8 Å². The molecule has 0 radical (unpaired) electrons. The average Bonchev–Trinajstić information content (AvgIpc) is 3.21. The highest BCUT2D eigenvalue weighted by molar-refractivity contribution is 5.92. The zero-order valence-corrected chi connectivity index (χ0v) is 16.4. The van der Waals surface area contributed by atoms with Gasteiger partial charge in [-0.05, 0) is 37.1 Å². The van der Waals surface area contributed by atoms with Gasteiger partial charge in [-0.1, -0.05) is 0 Å². The zero-order chi connectivity index (χ0) is 20.2. The van der Waals surface area contributed by atoms with Crippen molar-refractivity contribution >= 4 is 5.91 Å². The van der Waals surface area contributed by atoms with Crippen molar-refractivity contribution in [3.8, 4) is 17.4 Å². The van der Waals surface area contributed by atoms with Gasteiger partial charge in [-0.2, -0.15) is 0 Å². The second kappa shape index (κ2) is 8.30. The Morgan fingerprint density at radius 3 is 2.45 bits per heavy atom. The van der Waals surface area contributed by atoms with Crippen LogP contribution in [0.3, 0.4) is 0 Å². The first kappa shape index (κ1) is 18.9. The number of carbonyl (C=O) groups excluding carboxylic acids is 1. The second-order valence-electron chi connectivity index (χ2n) is 6.84. The summed E-state index contributed by atoms with van der Waals surface area (Å²) in [5.41, 5.74) is 1.16. The molecular weight excluding hydrogens is 372 g/mol. The predicted molar refractivity (Wildman–Crippen MR) is 104 cm³/mol. The van der Waals surface area contributed by atoms with Crippen LogP contribution in [0.2, 0.25) is 0 Å². The maximum absolute atomic E-state index is 12.6. The third kappa shape index (κ3) is 4.21. The summed E-state index contributed by atoms with van der Waals surface area (Å²) >= 11 is 0. The van der Waals surface area contributed by atoms with Crippen LogP contribution in [-0.2, 0) is 0 Å². The molecule has 1 saturated heterocycles. The quantitative estimate of drug-likeness (QED) is 0.653.